The second kappa shape index (κ2) is 5.84. The van der Waals surface area contributed by atoms with Crippen molar-refractivity contribution in [2.45, 2.75) is 33.6 Å². The van der Waals surface area contributed by atoms with E-state index in [1.165, 1.54) is 10.0 Å². The van der Waals surface area contributed by atoms with Gasteiger partial charge >= 0.3 is 5.97 Å². The van der Waals surface area contributed by atoms with Crippen LogP contribution in [0.1, 0.15) is 33.6 Å². The van der Waals surface area contributed by atoms with Gasteiger partial charge in [0.15, 0.2) is 0 Å². The summed E-state index contributed by atoms with van der Waals surface area (Å²) in [6.45, 7) is 6.44. The molecule has 0 aromatic carbocycles. The minimum atomic E-state index is -0.725. The Bertz CT molecular complexity index is 319. The number of carboxylic acids is 1. The van der Waals surface area contributed by atoms with Gasteiger partial charge in [-0.05, 0) is 57.3 Å². The third kappa shape index (κ3) is 3.61. The van der Waals surface area contributed by atoms with E-state index < -0.39 is 5.97 Å². The Morgan fingerprint density at radius 3 is 2.31 bits per heavy atom. The quantitative estimate of drug-likeness (QED) is 0.623. The number of carboxylic acid groups (broad SMARTS) is 1. The summed E-state index contributed by atoms with van der Waals surface area (Å²) in [7, 11) is 0. The van der Waals surface area contributed by atoms with Crippen molar-refractivity contribution < 1.29 is 9.90 Å². The number of hydrogen-bond acceptors (Lipinski definition) is 1. The van der Waals surface area contributed by atoms with Gasteiger partial charge in [0.25, 0.3) is 0 Å². The Labute approximate surface area is 111 Å². The van der Waals surface area contributed by atoms with Crippen molar-refractivity contribution in [3.8, 4) is 0 Å². The van der Waals surface area contributed by atoms with Gasteiger partial charge in [-0.3, -0.25) is 4.79 Å². The average Bonchev–Trinajstić information content (AvgIpc) is 2.12. The number of halogens is 1. The zero-order valence-electron chi connectivity index (χ0n) is 10.0. The van der Waals surface area contributed by atoms with Crippen molar-refractivity contribution in [2.24, 2.45) is 17.8 Å². The van der Waals surface area contributed by atoms with Gasteiger partial charge < -0.3 is 5.11 Å². The Morgan fingerprint density at radius 2 is 1.94 bits per heavy atom. The van der Waals surface area contributed by atoms with Crippen LogP contribution in [0.3, 0.4) is 0 Å². The number of carbonyl (C=O) groups is 1. The van der Waals surface area contributed by atoms with Crippen LogP contribution in [0.5, 0.6) is 0 Å². The number of allylic oxidation sites excluding steroid dienone is 3. The highest BCUT2D eigenvalue weighted by atomic mass is 127. The third-order valence-electron chi connectivity index (χ3n) is 3.28. The Kier molecular flexibility index (Phi) is 5.02. The van der Waals surface area contributed by atoms with Crippen molar-refractivity contribution >= 4 is 28.6 Å². The predicted molar refractivity (Wildman–Crippen MR) is 74.5 cm³/mol. The van der Waals surface area contributed by atoms with E-state index in [-0.39, 0.29) is 6.42 Å². The van der Waals surface area contributed by atoms with Crippen molar-refractivity contribution in [3.63, 3.8) is 0 Å². The second-order valence-electron chi connectivity index (χ2n) is 4.78. The summed E-state index contributed by atoms with van der Waals surface area (Å²) in [6.07, 6.45) is 5.41. The first-order chi connectivity index (χ1) is 7.41. The average molecular weight is 334 g/mol. The molecule has 1 N–H and O–H groups in total. The van der Waals surface area contributed by atoms with Gasteiger partial charge in [-0.15, -0.1) is 0 Å². The highest BCUT2D eigenvalue weighted by molar-refractivity contribution is 14.1. The lowest BCUT2D eigenvalue weighted by Gasteiger charge is -2.42. The van der Waals surface area contributed by atoms with Gasteiger partial charge in [0.1, 0.15) is 0 Å². The maximum atomic E-state index is 10.8. The molecule has 0 bridgehead atoms. The van der Waals surface area contributed by atoms with E-state index in [1.54, 1.807) is 0 Å². The van der Waals surface area contributed by atoms with Crippen molar-refractivity contribution in [2.75, 3.05) is 0 Å². The summed E-state index contributed by atoms with van der Waals surface area (Å²) in [6, 6.07) is 0. The molecule has 0 radical (unpaired) electrons. The molecule has 0 aromatic rings. The first kappa shape index (κ1) is 13.7. The normalized spacial score (nSPS) is 31.1. The van der Waals surface area contributed by atoms with Crippen LogP contribution in [0.4, 0.5) is 0 Å². The van der Waals surface area contributed by atoms with Crippen molar-refractivity contribution in [3.05, 3.63) is 21.3 Å². The van der Waals surface area contributed by atoms with Crippen LogP contribution in [0, 0.1) is 17.8 Å². The minimum absolute atomic E-state index is 0.180. The Morgan fingerprint density at radius 1 is 1.38 bits per heavy atom. The molecule has 0 aromatic heterocycles. The van der Waals surface area contributed by atoms with Crippen LogP contribution in [-0.2, 0) is 4.79 Å². The largest absolute Gasteiger partial charge is 0.481 e. The summed E-state index contributed by atoms with van der Waals surface area (Å²) in [5.74, 6) is 0.993. The van der Waals surface area contributed by atoms with Crippen LogP contribution >= 0.6 is 22.6 Å². The van der Waals surface area contributed by atoms with Gasteiger partial charge in [-0.1, -0.05) is 31.6 Å². The number of hydrogen-bond donors (Lipinski definition) is 1. The Balaban J connectivity index is 2.82. The lowest BCUT2D eigenvalue weighted by molar-refractivity contribution is -0.136. The molecule has 3 heteroatoms. The molecule has 2 nitrogen and oxygen atoms in total. The van der Waals surface area contributed by atoms with Gasteiger partial charge in [0, 0.05) is 0 Å². The molecule has 3 atom stereocenters. The molecule has 16 heavy (non-hydrogen) atoms. The van der Waals surface area contributed by atoms with Crippen LogP contribution in [0.2, 0.25) is 0 Å². The van der Waals surface area contributed by atoms with Gasteiger partial charge in [-0.25, -0.2) is 0 Å². The first-order valence-corrected chi connectivity index (χ1v) is 6.74. The summed E-state index contributed by atoms with van der Waals surface area (Å²) in [5, 5.41) is 8.93. The van der Waals surface area contributed by atoms with Gasteiger partial charge in [0.05, 0.1) is 6.42 Å². The second-order valence-corrected chi connectivity index (χ2v) is 6.48. The van der Waals surface area contributed by atoms with Gasteiger partial charge in [0.2, 0.25) is 0 Å². The topological polar surface area (TPSA) is 37.3 Å². The summed E-state index contributed by atoms with van der Waals surface area (Å²) in [4.78, 5) is 10.8. The smallest absolute Gasteiger partial charge is 0.307 e. The number of rotatable bonds is 4. The van der Waals surface area contributed by atoms with Crippen LogP contribution in [0.25, 0.3) is 0 Å². The lowest BCUT2D eigenvalue weighted by atomic mass is 9.62. The van der Waals surface area contributed by atoms with Crippen LogP contribution < -0.4 is 0 Å². The summed E-state index contributed by atoms with van der Waals surface area (Å²) in [5.41, 5.74) is 1.08. The van der Waals surface area contributed by atoms with E-state index in [2.05, 4.69) is 36.4 Å². The Hall–Kier alpha value is -0.320. The molecule has 1 aliphatic rings. The summed E-state index contributed by atoms with van der Waals surface area (Å²) >= 11 is 2.24. The zero-order chi connectivity index (χ0) is 12.3. The van der Waals surface area contributed by atoms with Crippen molar-refractivity contribution in [1.82, 2.24) is 0 Å². The fourth-order valence-corrected chi connectivity index (χ4v) is 2.84. The maximum Gasteiger partial charge on any atom is 0.307 e. The van der Waals surface area contributed by atoms with E-state index in [0.29, 0.717) is 17.8 Å². The van der Waals surface area contributed by atoms with Gasteiger partial charge in [-0.2, -0.15) is 0 Å². The molecule has 1 aliphatic carbocycles. The molecular formula is C13H19IO2. The molecule has 2 unspecified atom stereocenters. The monoisotopic (exact) mass is 334 g/mol. The zero-order valence-corrected chi connectivity index (χ0v) is 12.2. The SMILES string of the molecule is C/C(I)=C\C=C(\CC(=O)O)C1C(C)C[C@@H]1C. The molecular weight excluding hydrogens is 315 g/mol. The number of aliphatic carboxylic acids is 1. The van der Waals surface area contributed by atoms with E-state index >= 15 is 0 Å². The molecule has 0 aliphatic heterocycles. The molecule has 1 rings (SSSR count). The van der Waals surface area contributed by atoms with E-state index in [0.717, 1.165) is 5.57 Å². The predicted octanol–water partition coefficient (Wildman–Crippen LogP) is 4.02. The molecule has 1 fully saturated rings. The first-order valence-electron chi connectivity index (χ1n) is 5.66. The van der Waals surface area contributed by atoms with Crippen LogP contribution in [-0.4, -0.2) is 11.1 Å². The summed E-state index contributed by atoms with van der Waals surface area (Å²) < 4.78 is 1.18. The molecule has 1 saturated carbocycles. The fourth-order valence-electron chi connectivity index (χ4n) is 2.66. The maximum absolute atomic E-state index is 10.8. The highest BCUT2D eigenvalue weighted by Crippen LogP contribution is 2.45. The van der Waals surface area contributed by atoms with E-state index in [4.69, 9.17) is 5.11 Å². The van der Waals surface area contributed by atoms with Crippen molar-refractivity contribution in [1.29, 1.82) is 0 Å². The molecule has 0 heterocycles. The van der Waals surface area contributed by atoms with E-state index in [9.17, 15) is 4.79 Å². The highest BCUT2D eigenvalue weighted by Gasteiger charge is 2.37. The molecule has 90 valence electrons. The lowest BCUT2D eigenvalue weighted by Crippen LogP contribution is -2.34. The third-order valence-corrected chi connectivity index (χ3v) is 3.64. The molecule has 0 saturated heterocycles. The van der Waals surface area contributed by atoms with E-state index in [1.807, 2.05) is 19.1 Å². The standard InChI is InChI=1S/C13H19IO2/c1-8-6-9(2)13(8)11(7-12(15)16)5-4-10(3)14/h4-5,8-9,13H,6-7H2,1-3H3,(H,15,16)/b10-4+,11-5-/t8-,9?,13?/m0/s1. The molecule has 0 spiro atoms. The minimum Gasteiger partial charge on any atom is -0.481 e. The molecule has 0 amide bonds. The fraction of sp³-hybridized carbons (Fsp3) is 0.615. The van der Waals surface area contributed by atoms with Crippen LogP contribution in [0.15, 0.2) is 21.3 Å².